The van der Waals surface area contributed by atoms with Gasteiger partial charge in [-0.2, -0.15) is 4.31 Å². The van der Waals surface area contributed by atoms with Crippen LogP contribution in [0.4, 0.5) is 5.69 Å². The van der Waals surface area contributed by atoms with Gasteiger partial charge in [-0.25, -0.2) is 8.42 Å². The number of carbonyl (C=O) groups excluding carboxylic acids is 2. The van der Waals surface area contributed by atoms with Crippen molar-refractivity contribution >= 4 is 27.6 Å². The molecule has 0 bridgehead atoms. The van der Waals surface area contributed by atoms with Gasteiger partial charge in [-0.1, -0.05) is 6.92 Å². The molecule has 1 aliphatic rings. The van der Waals surface area contributed by atoms with Crippen molar-refractivity contribution in [2.24, 2.45) is 0 Å². The largest absolute Gasteiger partial charge is 0.453 e. The Bertz CT molecular complexity index is 709. The van der Waals surface area contributed by atoms with Crippen LogP contribution >= 0.6 is 0 Å². The van der Waals surface area contributed by atoms with Gasteiger partial charge in [-0.05, 0) is 50.5 Å². The Morgan fingerprint density at radius 3 is 2.36 bits per heavy atom. The van der Waals surface area contributed by atoms with E-state index in [1.165, 1.54) is 35.5 Å². The first-order chi connectivity index (χ1) is 11.8. The van der Waals surface area contributed by atoms with Crippen LogP contribution in [0.5, 0.6) is 0 Å². The molecule has 1 amide bonds. The molecule has 0 unspecified atom stereocenters. The predicted molar refractivity (Wildman–Crippen MR) is 93.5 cm³/mol. The summed E-state index contributed by atoms with van der Waals surface area (Å²) in [4.78, 5) is 23.6. The number of sulfonamides is 1. The summed E-state index contributed by atoms with van der Waals surface area (Å²) in [5, 5.41) is 2.61. The summed E-state index contributed by atoms with van der Waals surface area (Å²) < 4.78 is 31.4. The monoisotopic (exact) mass is 368 g/mol. The van der Waals surface area contributed by atoms with Crippen LogP contribution in [-0.2, 0) is 24.3 Å². The first kappa shape index (κ1) is 19.4. The van der Waals surface area contributed by atoms with E-state index in [1.807, 2.05) is 6.92 Å². The van der Waals surface area contributed by atoms with E-state index in [2.05, 4.69) is 5.32 Å². The maximum absolute atomic E-state index is 12.4. The van der Waals surface area contributed by atoms with Gasteiger partial charge in [0.05, 0.1) is 4.90 Å². The average molecular weight is 368 g/mol. The van der Waals surface area contributed by atoms with Gasteiger partial charge in [0.1, 0.15) is 0 Å². The minimum Gasteiger partial charge on any atom is -0.453 e. The van der Waals surface area contributed by atoms with Crippen molar-refractivity contribution < 1.29 is 22.7 Å². The molecule has 2 rings (SSSR count). The average Bonchev–Trinajstić information content (AvgIpc) is 3.10. The Balaban J connectivity index is 1.98. The van der Waals surface area contributed by atoms with Crippen molar-refractivity contribution in [3.05, 3.63) is 24.3 Å². The van der Waals surface area contributed by atoms with Crippen LogP contribution in [0.25, 0.3) is 0 Å². The highest BCUT2D eigenvalue weighted by atomic mass is 32.2. The molecule has 0 saturated carbocycles. The van der Waals surface area contributed by atoms with E-state index in [0.29, 0.717) is 25.2 Å². The first-order valence-corrected chi connectivity index (χ1v) is 9.89. The second kappa shape index (κ2) is 8.44. The van der Waals surface area contributed by atoms with Gasteiger partial charge in [-0.3, -0.25) is 9.59 Å². The molecule has 1 fully saturated rings. The SMILES string of the molecule is CCCC(=O)O[C@@H](C)C(=O)Nc1ccc(S(=O)(=O)N2CCCC2)cc1. The molecule has 8 heteroatoms. The molecule has 7 nitrogen and oxygen atoms in total. The fourth-order valence-electron chi connectivity index (χ4n) is 2.55. The van der Waals surface area contributed by atoms with Crippen molar-refractivity contribution in [2.45, 2.75) is 50.5 Å². The van der Waals surface area contributed by atoms with Gasteiger partial charge >= 0.3 is 5.97 Å². The fourth-order valence-corrected chi connectivity index (χ4v) is 4.06. The lowest BCUT2D eigenvalue weighted by Gasteiger charge is -2.16. The highest BCUT2D eigenvalue weighted by Gasteiger charge is 2.27. The van der Waals surface area contributed by atoms with Crippen LogP contribution in [0.1, 0.15) is 39.5 Å². The number of amides is 1. The summed E-state index contributed by atoms with van der Waals surface area (Å²) in [7, 11) is -3.47. The van der Waals surface area contributed by atoms with E-state index in [1.54, 1.807) is 0 Å². The molecule has 1 atom stereocenters. The molecular weight excluding hydrogens is 344 g/mol. The number of esters is 1. The molecule has 1 aromatic carbocycles. The van der Waals surface area contributed by atoms with Crippen LogP contribution in [0.2, 0.25) is 0 Å². The van der Waals surface area contributed by atoms with Crippen LogP contribution in [0, 0.1) is 0 Å². The predicted octanol–water partition coefficient (Wildman–Crippen LogP) is 2.14. The van der Waals surface area contributed by atoms with Crippen LogP contribution < -0.4 is 5.32 Å². The second-order valence-electron chi connectivity index (χ2n) is 6.01. The second-order valence-corrected chi connectivity index (χ2v) is 7.94. The zero-order valence-corrected chi connectivity index (χ0v) is 15.3. The van der Waals surface area contributed by atoms with Crippen molar-refractivity contribution in [3.8, 4) is 0 Å². The lowest BCUT2D eigenvalue weighted by atomic mass is 10.3. The summed E-state index contributed by atoms with van der Waals surface area (Å²) >= 11 is 0. The smallest absolute Gasteiger partial charge is 0.306 e. The Morgan fingerprint density at radius 1 is 1.20 bits per heavy atom. The van der Waals surface area contributed by atoms with Crippen molar-refractivity contribution in [3.63, 3.8) is 0 Å². The van der Waals surface area contributed by atoms with E-state index in [0.717, 1.165) is 12.8 Å². The van der Waals surface area contributed by atoms with Crippen LogP contribution in [0.3, 0.4) is 0 Å². The molecule has 138 valence electrons. The lowest BCUT2D eigenvalue weighted by Crippen LogP contribution is -2.30. The zero-order chi connectivity index (χ0) is 18.4. The number of rotatable bonds is 7. The number of anilines is 1. The van der Waals surface area contributed by atoms with Crippen molar-refractivity contribution in [1.82, 2.24) is 4.31 Å². The van der Waals surface area contributed by atoms with E-state index < -0.39 is 28.0 Å². The van der Waals surface area contributed by atoms with Gasteiger partial charge in [0.2, 0.25) is 10.0 Å². The molecule has 1 aliphatic heterocycles. The molecule has 1 aromatic rings. The number of ether oxygens (including phenoxy) is 1. The van der Waals surface area contributed by atoms with Gasteiger partial charge in [0.25, 0.3) is 5.91 Å². The molecule has 0 aliphatic carbocycles. The van der Waals surface area contributed by atoms with E-state index >= 15 is 0 Å². The van der Waals surface area contributed by atoms with Crippen molar-refractivity contribution in [1.29, 1.82) is 0 Å². The summed E-state index contributed by atoms with van der Waals surface area (Å²) in [6, 6.07) is 6.00. The molecule has 0 radical (unpaired) electrons. The van der Waals surface area contributed by atoms with Crippen molar-refractivity contribution in [2.75, 3.05) is 18.4 Å². The number of carbonyl (C=O) groups is 2. The van der Waals surface area contributed by atoms with Crippen LogP contribution in [0.15, 0.2) is 29.2 Å². The summed E-state index contributed by atoms with van der Waals surface area (Å²) in [6.45, 7) is 4.43. The van der Waals surface area contributed by atoms with Gasteiger partial charge in [-0.15, -0.1) is 0 Å². The van der Waals surface area contributed by atoms with E-state index in [9.17, 15) is 18.0 Å². The highest BCUT2D eigenvalue weighted by Crippen LogP contribution is 2.22. The number of benzene rings is 1. The topological polar surface area (TPSA) is 92.8 Å². The third-order valence-corrected chi connectivity index (χ3v) is 5.87. The molecule has 25 heavy (non-hydrogen) atoms. The third-order valence-electron chi connectivity index (χ3n) is 3.96. The highest BCUT2D eigenvalue weighted by molar-refractivity contribution is 7.89. The standard InChI is InChI=1S/C17H24N2O5S/c1-3-6-16(20)24-13(2)17(21)18-14-7-9-15(10-8-14)25(22,23)19-11-4-5-12-19/h7-10,13H,3-6,11-12H2,1-2H3,(H,18,21)/t13-/m0/s1. The minimum atomic E-state index is -3.47. The van der Waals surface area contributed by atoms with Gasteiger partial charge in [0, 0.05) is 25.2 Å². The van der Waals surface area contributed by atoms with E-state index in [-0.39, 0.29) is 11.3 Å². The summed E-state index contributed by atoms with van der Waals surface area (Å²) in [5.41, 5.74) is 0.448. The minimum absolute atomic E-state index is 0.204. The Labute approximate surface area is 148 Å². The summed E-state index contributed by atoms with van der Waals surface area (Å²) in [6.07, 6.45) is 1.76. The third kappa shape index (κ3) is 5.02. The summed E-state index contributed by atoms with van der Waals surface area (Å²) in [5.74, 6) is -0.878. The van der Waals surface area contributed by atoms with E-state index in [4.69, 9.17) is 4.74 Å². The Kier molecular flexibility index (Phi) is 6.55. The molecular formula is C17H24N2O5S. The number of hydrogen-bond acceptors (Lipinski definition) is 5. The van der Waals surface area contributed by atoms with Crippen LogP contribution in [-0.4, -0.2) is 43.8 Å². The molecule has 0 spiro atoms. The number of nitrogens with zero attached hydrogens (tertiary/aromatic N) is 1. The Morgan fingerprint density at radius 2 is 1.80 bits per heavy atom. The molecule has 1 heterocycles. The normalized spacial score (nSPS) is 16.4. The lowest BCUT2D eigenvalue weighted by molar-refractivity contribution is -0.153. The first-order valence-electron chi connectivity index (χ1n) is 8.45. The maximum Gasteiger partial charge on any atom is 0.306 e. The molecule has 1 N–H and O–H groups in total. The molecule has 1 saturated heterocycles. The van der Waals surface area contributed by atoms with Gasteiger partial charge < -0.3 is 10.1 Å². The number of hydrogen-bond donors (Lipinski definition) is 1. The fraction of sp³-hybridized carbons (Fsp3) is 0.529. The quantitative estimate of drug-likeness (QED) is 0.744. The molecule has 0 aromatic heterocycles. The Hall–Kier alpha value is -1.93. The van der Waals surface area contributed by atoms with Gasteiger partial charge in [0.15, 0.2) is 6.10 Å². The number of nitrogens with one attached hydrogen (secondary N) is 1. The zero-order valence-electron chi connectivity index (χ0n) is 14.5. The maximum atomic E-state index is 12.4.